The van der Waals surface area contributed by atoms with Gasteiger partial charge in [0, 0.05) is 31.5 Å². The molecule has 0 atom stereocenters. The van der Waals surface area contributed by atoms with Crippen molar-refractivity contribution in [3.05, 3.63) is 35.8 Å². The third-order valence-electron chi connectivity index (χ3n) is 2.61. The van der Waals surface area contributed by atoms with Crippen molar-refractivity contribution in [2.75, 3.05) is 20.2 Å². The lowest BCUT2D eigenvalue weighted by atomic mass is 10.2. The van der Waals surface area contributed by atoms with E-state index in [2.05, 4.69) is 4.98 Å². The molecule has 2 heterocycles. The van der Waals surface area contributed by atoms with Crippen molar-refractivity contribution in [1.82, 2.24) is 14.3 Å². The zero-order valence-electron chi connectivity index (χ0n) is 9.92. The van der Waals surface area contributed by atoms with Crippen LogP contribution in [0.15, 0.2) is 24.5 Å². The summed E-state index contributed by atoms with van der Waals surface area (Å²) in [5.41, 5.74) is 2.25. The summed E-state index contributed by atoms with van der Waals surface area (Å²) in [6.07, 6.45) is 3.72. The average Bonchev–Trinajstić information content (AvgIpc) is 2.67. The van der Waals surface area contributed by atoms with Crippen molar-refractivity contribution in [3.63, 3.8) is 0 Å². The topological polar surface area (TPSA) is 57.8 Å². The number of likely N-dealkylation sites (N-methyl/N-ethyl adjacent to an activating group) is 1. The van der Waals surface area contributed by atoms with Crippen molar-refractivity contribution in [2.24, 2.45) is 0 Å². The quantitative estimate of drug-likeness (QED) is 0.849. The number of imidazole rings is 1. The minimum absolute atomic E-state index is 0.0348. The van der Waals surface area contributed by atoms with E-state index in [0.29, 0.717) is 12.1 Å². The normalized spacial score (nSPS) is 10.8. The number of pyridine rings is 1. The summed E-state index contributed by atoms with van der Waals surface area (Å²) in [5, 5.41) is 8.80. The van der Waals surface area contributed by atoms with E-state index in [1.54, 1.807) is 19.2 Å². The summed E-state index contributed by atoms with van der Waals surface area (Å²) in [6, 6.07) is 3.51. The molecule has 2 rings (SSSR count). The Balaban J connectivity index is 2.32. The lowest BCUT2D eigenvalue weighted by Gasteiger charge is -2.15. The summed E-state index contributed by atoms with van der Waals surface area (Å²) in [5.74, 6) is -0.109. The highest BCUT2D eigenvalue weighted by atomic mass is 16.3. The van der Waals surface area contributed by atoms with Gasteiger partial charge < -0.3 is 14.4 Å². The van der Waals surface area contributed by atoms with Crippen LogP contribution in [0.3, 0.4) is 0 Å². The predicted octanol–water partition coefficient (Wildman–Crippen LogP) is 0.707. The van der Waals surface area contributed by atoms with Gasteiger partial charge in [0.25, 0.3) is 5.91 Å². The third-order valence-corrected chi connectivity index (χ3v) is 2.61. The first-order valence-corrected chi connectivity index (χ1v) is 5.43. The second kappa shape index (κ2) is 4.55. The first kappa shape index (κ1) is 11.6. The second-order valence-electron chi connectivity index (χ2n) is 4.01. The van der Waals surface area contributed by atoms with Gasteiger partial charge in [-0.3, -0.25) is 4.79 Å². The molecule has 0 aliphatic heterocycles. The number of carbonyl (C=O) groups is 1. The molecule has 90 valence electrons. The van der Waals surface area contributed by atoms with Gasteiger partial charge in [0.15, 0.2) is 0 Å². The molecule has 0 saturated carbocycles. The Labute approximate surface area is 99.3 Å². The Kier molecular flexibility index (Phi) is 3.10. The number of aryl methyl sites for hydroxylation is 1. The van der Waals surface area contributed by atoms with E-state index >= 15 is 0 Å². The molecule has 2 aromatic rings. The van der Waals surface area contributed by atoms with Gasteiger partial charge in [-0.2, -0.15) is 0 Å². The van der Waals surface area contributed by atoms with E-state index < -0.39 is 0 Å². The molecule has 0 aromatic carbocycles. The second-order valence-corrected chi connectivity index (χ2v) is 4.01. The summed E-state index contributed by atoms with van der Waals surface area (Å²) in [6.45, 7) is 2.21. The maximum atomic E-state index is 12.0. The summed E-state index contributed by atoms with van der Waals surface area (Å²) >= 11 is 0. The molecule has 0 bridgehead atoms. The number of aliphatic hydroxyl groups excluding tert-OH is 1. The van der Waals surface area contributed by atoms with E-state index in [1.807, 2.05) is 23.7 Å². The van der Waals surface area contributed by atoms with E-state index in [9.17, 15) is 4.79 Å². The fourth-order valence-corrected chi connectivity index (χ4v) is 1.71. The Hall–Kier alpha value is -1.88. The monoisotopic (exact) mass is 233 g/mol. The van der Waals surface area contributed by atoms with Crippen molar-refractivity contribution >= 4 is 11.6 Å². The zero-order chi connectivity index (χ0) is 12.4. The molecule has 2 aromatic heterocycles. The fraction of sp³-hybridized carbons (Fsp3) is 0.333. The molecule has 0 radical (unpaired) electrons. The fourth-order valence-electron chi connectivity index (χ4n) is 1.71. The average molecular weight is 233 g/mol. The Bertz CT molecular complexity index is 548. The largest absolute Gasteiger partial charge is 0.395 e. The highest BCUT2D eigenvalue weighted by molar-refractivity contribution is 5.94. The smallest absolute Gasteiger partial charge is 0.253 e. The van der Waals surface area contributed by atoms with Crippen molar-refractivity contribution in [3.8, 4) is 0 Å². The molecule has 17 heavy (non-hydrogen) atoms. The van der Waals surface area contributed by atoms with Gasteiger partial charge in [-0.05, 0) is 19.1 Å². The predicted molar refractivity (Wildman–Crippen MR) is 64.0 cm³/mol. The number of nitrogens with zero attached hydrogens (tertiary/aromatic N) is 3. The molecule has 5 nitrogen and oxygen atoms in total. The summed E-state index contributed by atoms with van der Waals surface area (Å²) < 4.78 is 1.87. The minimum atomic E-state index is -0.109. The molecule has 0 saturated heterocycles. The van der Waals surface area contributed by atoms with Gasteiger partial charge >= 0.3 is 0 Å². The highest BCUT2D eigenvalue weighted by Crippen LogP contribution is 2.09. The molecular weight excluding hydrogens is 218 g/mol. The van der Waals surface area contributed by atoms with Gasteiger partial charge in [-0.1, -0.05) is 0 Å². The minimum Gasteiger partial charge on any atom is -0.395 e. The van der Waals surface area contributed by atoms with Gasteiger partial charge in [0.2, 0.25) is 0 Å². The van der Waals surface area contributed by atoms with E-state index in [0.717, 1.165) is 11.3 Å². The number of rotatable bonds is 3. The maximum absolute atomic E-state index is 12.0. The van der Waals surface area contributed by atoms with Crippen LogP contribution in [0.4, 0.5) is 0 Å². The first-order valence-electron chi connectivity index (χ1n) is 5.43. The summed E-state index contributed by atoms with van der Waals surface area (Å²) in [7, 11) is 1.67. The van der Waals surface area contributed by atoms with Crippen molar-refractivity contribution in [2.45, 2.75) is 6.92 Å². The molecule has 0 fully saturated rings. The Morgan fingerprint density at radius 2 is 2.35 bits per heavy atom. The number of carbonyl (C=O) groups excluding carboxylic acids is 1. The van der Waals surface area contributed by atoms with E-state index in [4.69, 9.17) is 5.11 Å². The Morgan fingerprint density at radius 3 is 3.06 bits per heavy atom. The molecule has 0 aliphatic carbocycles. The molecule has 1 amide bonds. The third kappa shape index (κ3) is 2.29. The van der Waals surface area contributed by atoms with Crippen molar-refractivity contribution in [1.29, 1.82) is 0 Å². The van der Waals surface area contributed by atoms with Crippen LogP contribution in [0.2, 0.25) is 0 Å². The Morgan fingerprint density at radius 1 is 1.59 bits per heavy atom. The van der Waals surface area contributed by atoms with Crippen LogP contribution in [-0.4, -0.2) is 45.5 Å². The number of aromatic nitrogens is 2. The number of aliphatic hydroxyl groups is 1. The molecule has 0 aliphatic rings. The van der Waals surface area contributed by atoms with Gasteiger partial charge in [0.1, 0.15) is 5.65 Å². The van der Waals surface area contributed by atoms with Crippen LogP contribution in [0.25, 0.3) is 5.65 Å². The van der Waals surface area contributed by atoms with Crippen LogP contribution in [0, 0.1) is 6.92 Å². The maximum Gasteiger partial charge on any atom is 0.253 e. The lowest BCUT2D eigenvalue weighted by Crippen LogP contribution is -2.29. The number of hydrogen-bond donors (Lipinski definition) is 1. The summed E-state index contributed by atoms with van der Waals surface area (Å²) in [4.78, 5) is 17.8. The van der Waals surface area contributed by atoms with Crippen molar-refractivity contribution < 1.29 is 9.90 Å². The number of fused-ring (bicyclic) bond motifs is 1. The van der Waals surface area contributed by atoms with Gasteiger partial charge in [-0.25, -0.2) is 4.98 Å². The SMILES string of the molecule is Cc1cn2ccc(C(=O)N(C)CCO)cc2n1. The van der Waals surface area contributed by atoms with Crippen LogP contribution >= 0.6 is 0 Å². The van der Waals surface area contributed by atoms with E-state index in [-0.39, 0.29) is 12.5 Å². The van der Waals surface area contributed by atoms with Crippen LogP contribution in [-0.2, 0) is 0 Å². The van der Waals surface area contributed by atoms with Gasteiger partial charge in [-0.15, -0.1) is 0 Å². The first-order chi connectivity index (χ1) is 8.11. The highest BCUT2D eigenvalue weighted by Gasteiger charge is 2.12. The van der Waals surface area contributed by atoms with Gasteiger partial charge in [0.05, 0.1) is 12.3 Å². The molecule has 1 N–H and O–H groups in total. The number of amides is 1. The number of hydrogen-bond acceptors (Lipinski definition) is 3. The zero-order valence-corrected chi connectivity index (χ0v) is 9.92. The molecular formula is C12H15N3O2. The molecule has 0 unspecified atom stereocenters. The van der Waals surface area contributed by atoms with E-state index in [1.165, 1.54) is 4.90 Å². The lowest BCUT2D eigenvalue weighted by molar-refractivity contribution is 0.0767. The molecule has 0 spiro atoms. The van der Waals surface area contributed by atoms with Crippen LogP contribution < -0.4 is 0 Å². The molecule has 5 heteroatoms. The van der Waals surface area contributed by atoms with Crippen LogP contribution in [0.5, 0.6) is 0 Å². The standard InChI is InChI=1S/C12H15N3O2/c1-9-8-15-4-3-10(7-11(15)13-9)12(17)14(2)5-6-16/h3-4,7-8,16H,5-6H2,1-2H3. The van der Waals surface area contributed by atoms with Crippen LogP contribution in [0.1, 0.15) is 16.1 Å².